The predicted molar refractivity (Wildman–Crippen MR) is 110 cm³/mol. The Morgan fingerprint density at radius 1 is 1.29 bits per heavy atom. The van der Waals surface area contributed by atoms with Crippen LogP contribution in [0.4, 0.5) is 14.9 Å². The fraction of sp³-hybridized carbons (Fsp3) is 0.400. The summed E-state index contributed by atoms with van der Waals surface area (Å²) < 4.78 is 13.9. The van der Waals surface area contributed by atoms with Crippen LogP contribution in [0.1, 0.15) is 24.1 Å². The standard InChI is InChI=1S/C20H23ClFN3O2S/c21-18-8-6-17(28-18)7-9-19(26)25-10-2-3-14(13-25)12-23-20(27)24-16-5-1-4-15(22)11-16/h1,4-6,8,11,14H,2-3,7,9-10,12-13H2,(H2,23,24,27). The zero-order chi connectivity index (χ0) is 19.9. The number of thiophene rings is 1. The minimum atomic E-state index is -0.399. The number of nitrogens with zero attached hydrogens (tertiary/aromatic N) is 1. The van der Waals surface area contributed by atoms with Gasteiger partial charge in [0.25, 0.3) is 0 Å². The van der Waals surface area contributed by atoms with E-state index in [-0.39, 0.29) is 17.9 Å². The minimum absolute atomic E-state index is 0.137. The van der Waals surface area contributed by atoms with Gasteiger partial charge in [-0.25, -0.2) is 9.18 Å². The Balaban J connectivity index is 1.41. The quantitative estimate of drug-likeness (QED) is 0.716. The van der Waals surface area contributed by atoms with Gasteiger partial charge >= 0.3 is 6.03 Å². The molecular weight excluding hydrogens is 401 g/mol. The smallest absolute Gasteiger partial charge is 0.319 e. The first kappa shape index (κ1) is 20.6. The van der Waals surface area contributed by atoms with E-state index in [9.17, 15) is 14.0 Å². The molecule has 3 amide bonds. The van der Waals surface area contributed by atoms with Crippen LogP contribution in [0.2, 0.25) is 4.34 Å². The third-order valence-corrected chi connectivity index (χ3v) is 6.01. The monoisotopic (exact) mass is 423 g/mol. The lowest BCUT2D eigenvalue weighted by Crippen LogP contribution is -2.44. The highest BCUT2D eigenvalue weighted by Gasteiger charge is 2.23. The van der Waals surface area contributed by atoms with Crippen LogP contribution >= 0.6 is 22.9 Å². The molecule has 2 aromatic rings. The van der Waals surface area contributed by atoms with E-state index in [0.717, 1.165) is 28.6 Å². The van der Waals surface area contributed by atoms with Gasteiger partial charge in [-0.1, -0.05) is 17.7 Å². The molecule has 0 radical (unpaired) electrons. The van der Waals surface area contributed by atoms with E-state index in [0.29, 0.717) is 31.6 Å². The van der Waals surface area contributed by atoms with Crippen molar-refractivity contribution in [3.05, 3.63) is 51.4 Å². The van der Waals surface area contributed by atoms with Crippen molar-refractivity contribution in [3.8, 4) is 0 Å². The van der Waals surface area contributed by atoms with Gasteiger partial charge in [-0.2, -0.15) is 0 Å². The Bertz CT molecular complexity index is 829. The molecule has 150 valence electrons. The van der Waals surface area contributed by atoms with Crippen molar-refractivity contribution in [2.45, 2.75) is 25.7 Å². The Morgan fingerprint density at radius 3 is 2.89 bits per heavy atom. The number of anilines is 1. The number of urea groups is 1. The van der Waals surface area contributed by atoms with Crippen molar-refractivity contribution >= 4 is 40.6 Å². The van der Waals surface area contributed by atoms with Gasteiger partial charge in [0.1, 0.15) is 5.82 Å². The number of benzene rings is 1. The molecule has 1 aliphatic heterocycles. The molecule has 0 saturated carbocycles. The van der Waals surface area contributed by atoms with E-state index < -0.39 is 5.82 Å². The number of piperidine rings is 1. The molecule has 3 rings (SSSR count). The summed E-state index contributed by atoms with van der Waals surface area (Å²) in [7, 11) is 0. The summed E-state index contributed by atoms with van der Waals surface area (Å²) in [4.78, 5) is 27.5. The third-order valence-electron chi connectivity index (χ3n) is 4.72. The van der Waals surface area contributed by atoms with Gasteiger partial charge < -0.3 is 15.5 Å². The number of amides is 3. The molecule has 28 heavy (non-hydrogen) atoms. The van der Waals surface area contributed by atoms with Crippen LogP contribution in [0.5, 0.6) is 0 Å². The number of aryl methyl sites for hydroxylation is 1. The molecule has 1 unspecified atom stereocenters. The SMILES string of the molecule is O=C(NCC1CCCN(C(=O)CCc2ccc(Cl)s2)C1)Nc1cccc(F)c1. The van der Waals surface area contributed by atoms with Gasteiger partial charge in [0.15, 0.2) is 0 Å². The fourth-order valence-corrected chi connectivity index (χ4v) is 4.40. The number of halogens is 2. The highest BCUT2D eigenvalue weighted by atomic mass is 35.5. The van der Waals surface area contributed by atoms with E-state index >= 15 is 0 Å². The zero-order valence-corrected chi connectivity index (χ0v) is 17.0. The lowest BCUT2D eigenvalue weighted by atomic mass is 9.97. The Hall–Kier alpha value is -2.12. The Kier molecular flexibility index (Phi) is 7.28. The molecular formula is C20H23ClFN3O2S. The molecule has 0 bridgehead atoms. The Morgan fingerprint density at radius 2 is 2.14 bits per heavy atom. The topological polar surface area (TPSA) is 61.4 Å². The average molecular weight is 424 g/mol. The lowest BCUT2D eigenvalue weighted by molar-refractivity contribution is -0.132. The largest absolute Gasteiger partial charge is 0.342 e. The highest BCUT2D eigenvalue weighted by molar-refractivity contribution is 7.16. The summed E-state index contributed by atoms with van der Waals surface area (Å²) in [6.45, 7) is 1.88. The molecule has 1 fully saturated rings. The molecule has 1 saturated heterocycles. The summed E-state index contributed by atoms with van der Waals surface area (Å²) in [5.41, 5.74) is 0.409. The number of carbonyl (C=O) groups excluding carboxylic acids is 2. The average Bonchev–Trinajstić information content (AvgIpc) is 3.10. The van der Waals surface area contributed by atoms with Crippen LogP contribution in [-0.4, -0.2) is 36.5 Å². The highest BCUT2D eigenvalue weighted by Crippen LogP contribution is 2.23. The molecule has 1 aromatic heterocycles. The maximum Gasteiger partial charge on any atom is 0.319 e. The number of carbonyl (C=O) groups is 2. The lowest BCUT2D eigenvalue weighted by Gasteiger charge is -2.33. The summed E-state index contributed by atoms with van der Waals surface area (Å²) in [5.74, 6) is -0.0466. The van der Waals surface area contributed by atoms with Gasteiger partial charge in [-0.3, -0.25) is 4.79 Å². The van der Waals surface area contributed by atoms with E-state index in [1.165, 1.54) is 23.5 Å². The van der Waals surface area contributed by atoms with Crippen LogP contribution in [0.25, 0.3) is 0 Å². The second kappa shape index (κ2) is 9.89. The van der Waals surface area contributed by atoms with Gasteiger partial charge in [0.2, 0.25) is 5.91 Å². The summed E-state index contributed by atoms with van der Waals surface area (Å²) >= 11 is 7.43. The number of likely N-dealkylation sites (tertiary alicyclic amines) is 1. The van der Waals surface area contributed by atoms with E-state index in [4.69, 9.17) is 11.6 Å². The molecule has 1 aromatic carbocycles. The van der Waals surface area contributed by atoms with Crippen molar-refractivity contribution in [3.63, 3.8) is 0 Å². The van der Waals surface area contributed by atoms with Crippen molar-refractivity contribution in [2.75, 3.05) is 25.0 Å². The molecule has 2 heterocycles. The summed E-state index contributed by atoms with van der Waals surface area (Å²) in [6, 6.07) is 9.20. The summed E-state index contributed by atoms with van der Waals surface area (Å²) in [5, 5.41) is 5.43. The number of hydrogen-bond donors (Lipinski definition) is 2. The first-order valence-electron chi connectivity index (χ1n) is 9.32. The predicted octanol–water partition coefficient (Wildman–Crippen LogP) is 4.53. The molecule has 5 nitrogen and oxygen atoms in total. The molecule has 8 heteroatoms. The summed E-state index contributed by atoms with van der Waals surface area (Å²) in [6.07, 6.45) is 3.06. The van der Waals surface area contributed by atoms with Gasteiger partial charge in [-0.15, -0.1) is 11.3 Å². The number of hydrogen-bond acceptors (Lipinski definition) is 3. The van der Waals surface area contributed by atoms with E-state index in [2.05, 4.69) is 10.6 Å². The molecule has 1 aliphatic rings. The molecule has 1 atom stereocenters. The minimum Gasteiger partial charge on any atom is -0.342 e. The first-order chi connectivity index (χ1) is 13.5. The van der Waals surface area contributed by atoms with Crippen LogP contribution in [-0.2, 0) is 11.2 Å². The number of rotatable bonds is 6. The van der Waals surface area contributed by atoms with Crippen molar-refractivity contribution in [1.29, 1.82) is 0 Å². The van der Waals surface area contributed by atoms with Crippen LogP contribution in [0.3, 0.4) is 0 Å². The van der Waals surface area contributed by atoms with Gasteiger partial charge in [0.05, 0.1) is 4.34 Å². The van der Waals surface area contributed by atoms with E-state index in [1.807, 2.05) is 17.0 Å². The second-order valence-corrected chi connectivity index (χ2v) is 8.70. The van der Waals surface area contributed by atoms with Crippen LogP contribution in [0, 0.1) is 11.7 Å². The fourth-order valence-electron chi connectivity index (χ4n) is 3.31. The molecule has 2 N–H and O–H groups in total. The van der Waals surface area contributed by atoms with Crippen molar-refractivity contribution in [2.24, 2.45) is 5.92 Å². The van der Waals surface area contributed by atoms with Gasteiger partial charge in [0, 0.05) is 36.6 Å². The van der Waals surface area contributed by atoms with Crippen molar-refractivity contribution in [1.82, 2.24) is 10.2 Å². The maximum absolute atomic E-state index is 13.2. The van der Waals surface area contributed by atoms with Crippen LogP contribution in [0.15, 0.2) is 36.4 Å². The normalized spacial score (nSPS) is 16.6. The third kappa shape index (κ3) is 6.21. The Labute approximate surface area is 172 Å². The molecule has 0 spiro atoms. The van der Waals surface area contributed by atoms with Crippen molar-refractivity contribution < 1.29 is 14.0 Å². The maximum atomic E-state index is 13.2. The van der Waals surface area contributed by atoms with Gasteiger partial charge in [-0.05, 0) is 55.5 Å². The number of nitrogens with one attached hydrogen (secondary N) is 2. The second-order valence-electron chi connectivity index (χ2n) is 6.90. The molecule has 0 aliphatic carbocycles. The van der Waals surface area contributed by atoms with E-state index in [1.54, 1.807) is 12.1 Å². The van der Waals surface area contributed by atoms with Crippen LogP contribution < -0.4 is 10.6 Å². The first-order valence-corrected chi connectivity index (χ1v) is 10.5. The zero-order valence-electron chi connectivity index (χ0n) is 15.4.